The van der Waals surface area contributed by atoms with Crippen LogP contribution < -0.4 is 10.6 Å². The Kier molecular flexibility index (Phi) is 4.74. The van der Waals surface area contributed by atoms with Crippen LogP contribution in [0.25, 0.3) is 11.3 Å². The van der Waals surface area contributed by atoms with Crippen molar-refractivity contribution in [1.82, 2.24) is 10.6 Å². The Morgan fingerprint density at radius 1 is 0.731 bits per heavy atom. The van der Waals surface area contributed by atoms with Gasteiger partial charge in [0.05, 0.1) is 11.7 Å². The Morgan fingerprint density at radius 3 is 1.92 bits per heavy atom. The van der Waals surface area contributed by atoms with Gasteiger partial charge in [0.15, 0.2) is 5.11 Å². The first-order valence-electron chi connectivity index (χ1n) is 8.40. The van der Waals surface area contributed by atoms with Crippen LogP contribution in [0.4, 0.5) is 0 Å². The molecule has 0 bridgehead atoms. The third kappa shape index (κ3) is 3.36. The Balaban J connectivity index is 1.94. The average Bonchev–Trinajstić information content (AvgIpc) is 2.69. The van der Waals surface area contributed by atoms with Gasteiger partial charge >= 0.3 is 0 Å². The highest BCUT2D eigenvalue weighted by atomic mass is 35.5. The highest BCUT2D eigenvalue weighted by Gasteiger charge is 2.28. The number of hydrogen-bond donors (Lipinski definition) is 2. The van der Waals surface area contributed by atoms with E-state index in [2.05, 4.69) is 47.0 Å². The summed E-state index contributed by atoms with van der Waals surface area (Å²) in [5.41, 5.74) is 5.56. The van der Waals surface area contributed by atoms with Crippen molar-refractivity contribution >= 4 is 40.2 Å². The number of thiocarbonyl (C=S) groups is 1. The van der Waals surface area contributed by atoms with Crippen molar-refractivity contribution in [3.05, 3.63) is 107 Å². The SMILES string of the molecule is S=C1NC(c2ccccc2)=C(c2ccccc2)C(c2ccc(Cl)cc2)N1. The molecule has 4 heteroatoms. The van der Waals surface area contributed by atoms with Crippen LogP contribution in [0.1, 0.15) is 22.7 Å². The molecule has 0 spiro atoms. The molecule has 0 saturated carbocycles. The molecule has 0 radical (unpaired) electrons. The lowest BCUT2D eigenvalue weighted by molar-refractivity contribution is 0.785. The molecule has 1 aliphatic heterocycles. The molecule has 26 heavy (non-hydrogen) atoms. The number of rotatable bonds is 3. The van der Waals surface area contributed by atoms with Gasteiger partial charge in [-0.2, -0.15) is 0 Å². The molecule has 0 fully saturated rings. The van der Waals surface area contributed by atoms with Crippen molar-refractivity contribution in [3.63, 3.8) is 0 Å². The van der Waals surface area contributed by atoms with Gasteiger partial charge in [0.25, 0.3) is 0 Å². The Hall–Kier alpha value is -2.62. The summed E-state index contributed by atoms with van der Waals surface area (Å²) in [4.78, 5) is 0. The maximum Gasteiger partial charge on any atom is 0.171 e. The Labute approximate surface area is 163 Å². The zero-order chi connectivity index (χ0) is 17.9. The van der Waals surface area contributed by atoms with Crippen molar-refractivity contribution in [2.24, 2.45) is 0 Å². The quantitative estimate of drug-likeness (QED) is 0.596. The van der Waals surface area contributed by atoms with E-state index >= 15 is 0 Å². The van der Waals surface area contributed by atoms with Crippen molar-refractivity contribution in [2.75, 3.05) is 0 Å². The van der Waals surface area contributed by atoms with Gasteiger partial charge in [-0.15, -0.1) is 0 Å². The summed E-state index contributed by atoms with van der Waals surface area (Å²) in [6.07, 6.45) is 0. The maximum absolute atomic E-state index is 6.09. The third-order valence-electron chi connectivity index (χ3n) is 4.42. The van der Waals surface area contributed by atoms with E-state index in [0.29, 0.717) is 5.11 Å². The molecule has 128 valence electrons. The zero-order valence-corrected chi connectivity index (χ0v) is 15.5. The highest BCUT2D eigenvalue weighted by Crippen LogP contribution is 2.38. The molecule has 0 aliphatic carbocycles. The summed E-state index contributed by atoms with van der Waals surface area (Å²) >= 11 is 11.6. The summed E-state index contributed by atoms with van der Waals surface area (Å²) in [5, 5.41) is 8.12. The average molecular weight is 377 g/mol. The smallest absolute Gasteiger partial charge is 0.171 e. The van der Waals surface area contributed by atoms with Crippen LogP contribution in [0.15, 0.2) is 84.9 Å². The molecule has 4 rings (SSSR count). The fourth-order valence-electron chi connectivity index (χ4n) is 3.23. The number of nitrogens with one attached hydrogen (secondary N) is 2. The van der Waals surface area contributed by atoms with Gasteiger partial charge in [-0.1, -0.05) is 84.4 Å². The van der Waals surface area contributed by atoms with Gasteiger partial charge < -0.3 is 10.6 Å². The predicted molar refractivity (Wildman–Crippen MR) is 113 cm³/mol. The lowest BCUT2D eigenvalue weighted by Gasteiger charge is -2.33. The second-order valence-electron chi connectivity index (χ2n) is 6.10. The van der Waals surface area contributed by atoms with Crippen LogP contribution in [-0.2, 0) is 0 Å². The predicted octanol–water partition coefficient (Wildman–Crippen LogP) is 5.43. The minimum atomic E-state index is -0.0568. The molecule has 1 heterocycles. The molecule has 0 saturated heterocycles. The molecule has 0 aromatic heterocycles. The maximum atomic E-state index is 6.09. The van der Waals surface area contributed by atoms with Gasteiger partial charge in [-0.3, -0.25) is 0 Å². The van der Waals surface area contributed by atoms with E-state index in [1.807, 2.05) is 48.5 Å². The first-order valence-corrected chi connectivity index (χ1v) is 9.19. The summed E-state index contributed by atoms with van der Waals surface area (Å²) in [6, 6.07) is 28.5. The largest absolute Gasteiger partial charge is 0.351 e. The summed E-state index contributed by atoms with van der Waals surface area (Å²) < 4.78 is 0. The van der Waals surface area contributed by atoms with Gasteiger partial charge in [-0.25, -0.2) is 0 Å². The van der Waals surface area contributed by atoms with Crippen LogP contribution in [0, 0.1) is 0 Å². The third-order valence-corrected chi connectivity index (χ3v) is 4.89. The van der Waals surface area contributed by atoms with Gasteiger partial charge in [0.2, 0.25) is 0 Å². The highest BCUT2D eigenvalue weighted by molar-refractivity contribution is 7.80. The van der Waals surface area contributed by atoms with Crippen LogP contribution in [-0.4, -0.2) is 5.11 Å². The van der Waals surface area contributed by atoms with E-state index in [9.17, 15) is 0 Å². The second-order valence-corrected chi connectivity index (χ2v) is 6.95. The summed E-state index contributed by atoms with van der Waals surface area (Å²) in [5.74, 6) is 0. The topological polar surface area (TPSA) is 24.1 Å². The first-order chi connectivity index (χ1) is 12.7. The lowest BCUT2D eigenvalue weighted by atomic mass is 9.88. The summed E-state index contributed by atoms with van der Waals surface area (Å²) in [7, 11) is 0. The fraction of sp³-hybridized carbons (Fsp3) is 0.0455. The van der Waals surface area contributed by atoms with E-state index in [0.717, 1.165) is 33.0 Å². The Morgan fingerprint density at radius 2 is 1.31 bits per heavy atom. The van der Waals surface area contributed by atoms with E-state index in [1.165, 1.54) is 0 Å². The molecule has 0 amide bonds. The van der Waals surface area contributed by atoms with Crippen LogP contribution in [0.2, 0.25) is 5.02 Å². The zero-order valence-electron chi connectivity index (χ0n) is 13.9. The van der Waals surface area contributed by atoms with Gasteiger partial charge in [0.1, 0.15) is 0 Å². The van der Waals surface area contributed by atoms with Crippen molar-refractivity contribution in [1.29, 1.82) is 0 Å². The van der Waals surface area contributed by atoms with Crippen LogP contribution in [0.5, 0.6) is 0 Å². The fourth-order valence-corrected chi connectivity index (χ4v) is 3.58. The monoisotopic (exact) mass is 376 g/mol. The van der Waals surface area contributed by atoms with E-state index < -0.39 is 0 Å². The molecule has 3 aromatic carbocycles. The normalized spacial score (nSPS) is 16.8. The minimum Gasteiger partial charge on any atom is -0.351 e. The van der Waals surface area contributed by atoms with Gasteiger partial charge in [0, 0.05) is 10.6 Å². The van der Waals surface area contributed by atoms with Crippen molar-refractivity contribution in [3.8, 4) is 0 Å². The number of halogens is 1. The molecule has 1 unspecified atom stereocenters. The first kappa shape index (κ1) is 16.8. The van der Waals surface area contributed by atoms with Crippen molar-refractivity contribution < 1.29 is 0 Å². The molecule has 1 aliphatic rings. The summed E-state index contributed by atoms with van der Waals surface area (Å²) in [6.45, 7) is 0. The molecular weight excluding hydrogens is 360 g/mol. The molecule has 3 aromatic rings. The minimum absolute atomic E-state index is 0.0568. The van der Waals surface area contributed by atoms with Crippen molar-refractivity contribution in [2.45, 2.75) is 6.04 Å². The number of hydrogen-bond acceptors (Lipinski definition) is 1. The Bertz CT molecular complexity index is 950. The standard InChI is InChI=1S/C22H17ClN2S/c23-18-13-11-17(12-14-18)21-19(15-7-3-1-4-8-15)20(24-22(26)25-21)16-9-5-2-6-10-16/h1-14,21H,(H2,24,25,26). The van der Waals surface area contributed by atoms with Crippen LogP contribution in [0.3, 0.4) is 0 Å². The van der Waals surface area contributed by atoms with E-state index in [1.54, 1.807) is 0 Å². The second kappa shape index (κ2) is 7.32. The number of benzene rings is 3. The van der Waals surface area contributed by atoms with E-state index in [4.69, 9.17) is 23.8 Å². The van der Waals surface area contributed by atoms with Crippen LogP contribution >= 0.6 is 23.8 Å². The van der Waals surface area contributed by atoms with E-state index in [-0.39, 0.29) is 6.04 Å². The lowest BCUT2D eigenvalue weighted by Crippen LogP contribution is -2.42. The van der Waals surface area contributed by atoms with Gasteiger partial charge in [-0.05, 0) is 41.0 Å². The molecular formula is C22H17ClN2S. The molecule has 1 atom stereocenters. The molecule has 2 nitrogen and oxygen atoms in total. The molecule has 2 N–H and O–H groups in total.